The van der Waals surface area contributed by atoms with Gasteiger partial charge in [0.2, 0.25) is 0 Å². The number of esters is 1. The van der Waals surface area contributed by atoms with E-state index in [1.807, 2.05) is 12.1 Å². The molecule has 2 aromatic rings. The number of thioether (sulfide) groups is 1. The van der Waals surface area contributed by atoms with Crippen molar-refractivity contribution in [2.75, 3.05) is 17.7 Å². The molecule has 0 aromatic heterocycles. The highest BCUT2D eigenvalue weighted by Gasteiger charge is 2.11. The molecular weight excluding hydrogens is 372 g/mol. The van der Waals surface area contributed by atoms with Crippen LogP contribution < -0.4 is 5.32 Å². The average molecular weight is 386 g/mol. The SMILES string of the molecule is O=C(COC(=O)CCSc1ccccc1Cl)Nc1cc(F)ccc1F. The van der Waals surface area contributed by atoms with Crippen molar-refractivity contribution in [3.63, 3.8) is 0 Å². The van der Waals surface area contributed by atoms with Gasteiger partial charge in [0.05, 0.1) is 17.1 Å². The Balaban J connectivity index is 1.71. The second-order valence-corrected chi connectivity index (χ2v) is 6.41. The van der Waals surface area contributed by atoms with Gasteiger partial charge in [-0.3, -0.25) is 9.59 Å². The predicted octanol–water partition coefficient (Wildman–Crippen LogP) is 4.28. The molecule has 0 radical (unpaired) electrons. The maximum Gasteiger partial charge on any atom is 0.307 e. The van der Waals surface area contributed by atoms with Crippen molar-refractivity contribution < 1.29 is 23.1 Å². The number of amides is 1. The van der Waals surface area contributed by atoms with Gasteiger partial charge in [-0.2, -0.15) is 0 Å². The summed E-state index contributed by atoms with van der Waals surface area (Å²) in [4.78, 5) is 24.1. The first-order valence-corrected chi connectivity index (χ1v) is 8.60. The van der Waals surface area contributed by atoms with Crippen LogP contribution in [0.25, 0.3) is 0 Å². The van der Waals surface area contributed by atoms with Crippen LogP contribution in [0.2, 0.25) is 5.02 Å². The highest BCUT2D eigenvalue weighted by molar-refractivity contribution is 7.99. The number of ether oxygens (including phenoxy) is 1. The van der Waals surface area contributed by atoms with Crippen LogP contribution in [0.3, 0.4) is 0 Å². The van der Waals surface area contributed by atoms with Gasteiger partial charge >= 0.3 is 5.97 Å². The van der Waals surface area contributed by atoms with E-state index < -0.39 is 30.1 Å². The van der Waals surface area contributed by atoms with Crippen molar-refractivity contribution in [1.82, 2.24) is 0 Å². The number of halogens is 3. The molecule has 0 atom stereocenters. The molecule has 0 saturated carbocycles. The standard InChI is InChI=1S/C17H14ClF2NO3S/c18-12-3-1-2-4-15(12)25-8-7-17(23)24-10-16(22)21-14-9-11(19)5-6-13(14)20/h1-6,9H,7-8,10H2,(H,21,22). The summed E-state index contributed by atoms with van der Waals surface area (Å²) in [6, 6.07) is 9.89. The highest BCUT2D eigenvalue weighted by Crippen LogP contribution is 2.26. The Bertz CT molecular complexity index is 773. The molecule has 0 aliphatic heterocycles. The maximum atomic E-state index is 13.4. The van der Waals surface area contributed by atoms with Gasteiger partial charge in [0.1, 0.15) is 11.6 Å². The quantitative estimate of drug-likeness (QED) is 0.571. The van der Waals surface area contributed by atoms with Crippen molar-refractivity contribution in [3.8, 4) is 0 Å². The van der Waals surface area contributed by atoms with E-state index in [9.17, 15) is 18.4 Å². The minimum atomic E-state index is -0.780. The fourth-order valence-corrected chi connectivity index (χ4v) is 2.97. The van der Waals surface area contributed by atoms with Crippen molar-refractivity contribution in [3.05, 3.63) is 59.1 Å². The number of benzene rings is 2. The molecule has 0 bridgehead atoms. The largest absolute Gasteiger partial charge is 0.456 e. The molecular formula is C17H14ClF2NO3S. The summed E-state index contributed by atoms with van der Waals surface area (Å²) in [6.45, 7) is -0.578. The molecule has 4 nitrogen and oxygen atoms in total. The van der Waals surface area contributed by atoms with Gasteiger partial charge in [0.25, 0.3) is 5.91 Å². The summed E-state index contributed by atoms with van der Waals surface area (Å²) in [5.41, 5.74) is -0.310. The van der Waals surface area contributed by atoms with Gasteiger partial charge in [-0.05, 0) is 24.3 Å². The number of rotatable bonds is 7. The van der Waals surface area contributed by atoms with Crippen LogP contribution in [0.5, 0.6) is 0 Å². The molecule has 1 amide bonds. The zero-order chi connectivity index (χ0) is 18.2. The van der Waals surface area contributed by atoms with E-state index in [1.54, 1.807) is 12.1 Å². The van der Waals surface area contributed by atoms with Gasteiger partial charge in [0.15, 0.2) is 6.61 Å². The van der Waals surface area contributed by atoms with E-state index in [0.717, 1.165) is 23.1 Å². The average Bonchev–Trinajstić information content (AvgIpc) is 2.58. The number of nitrogens with one attached hydrogen (secondary N) is 1. The fraction of sp³-hybridized carbons (Fsp3) is 0.176. The molecule has 1 N–H and O–H groups in total. The minimum Gasteiger partial charge on any atom is -0.456 e. The summed E-state index contributed by atoms with van der Waals surface area (Å²) >= 11 is 7.39. The number of carbonyl (C=O) groups excluding carboxylic acids is 2. The van der Waals surface area contributed by atoms with Crippen LogP contribution >= 0.6 is 23.4 Å². The third-order valence-electron chi connectivity index (χ3n) is 2.97. The van der Waals surface area contributed by atoms with Gasteiger partial charge in [-0.1, -0.05) is 23.7 Å². The van der Waals surface area contributed by atoms with Crippen LogP contribution in [0.1, 0.15) is 6.42 Å². The van der Waals surface area contributed by atoms with Crippen LogP contribution in [0, 0.1) is 11.6 Å². The monoisotopic (exact) mass is 385 g/mol. The molecule has 8 heteroatoms. The summed E-state index contributed by atoms with van der Waals surface area (Å²) in [5, 5.41) is 2.74. The third kappa shape index (κ3) is 6.36. The van der Waals surface area contributed by atoms with Gasteiger partial charge in [-0.25, -0.2) is 8.78 Å². The maximum absolute atomic E-state index is 13.4. The Hall–Kier alpha value is -2.12. The lowest BCUT2D eigenvalue weighted by molar-refractivity contribution is -0.146. The van der Waals surface area contributed by atoms with Crippen molar-refractivity contribution in [2.45, 2.75) is 11.3 Å². The zero-order valence-corrected chi connectivity index (χ0v) is 14.5. The summed E-state index contributed by atoms with van der Waals surface area (Å²) in [6.07, 6.45) is 0.0808. The van der Waals surface area contributed by atoms with E-state index in [4.69, 9.17) is 16.3 Å². The van der Waals surface area contributed by atoms with Crippen molar-refractivity contribution in [2.24, 2.45) is 0 Å². The highest BCUT2D eigenvalue weighted by atomic mass is 35.5. The zero-order valence-electron chi connectivity index (χ0n) is 12.9. The fourth-order valence-electron chi connectivity index (χ4n) is 1.80. The number of hydrogen-bond acceptors (Lipinski definition) is 4. The van der Waals surface area contributed by atoms with Crippen molar-refractivity contribution in [1.29, 1.82) is 0 Å². The molecule has 0 saturated heterocycles. The lowest BCUT2D eigenvalue weighted by Gasteiger charge is -2.08. The molecule has 132 valence electrons. The lowest BCUT2D eigenvalue weighted by Crippen LogP contribution is -2.21. The van der Waals surface area contributed by atoms with Crippen LogP contribution in [0.4, 0.5) is 14.5 Å². The van der Waals surface area contributed by atoms with Gasteiger partial charge in [0, 0.05) is 16.7 Å². The van der Waals surface area contributed by atoms with E-state index in [1.165, 1.54) is 11.8 Å². The molecule has 2 rings (SSSR count). The Labute approximate surface area is 152 Å². The first-order valence-electron chi connectivity index (χ1n) is 7.23. The molecule has 2 aromatic carbocycles. The minimum absolute atomic E-state index is 0.0808. The lowest BCUT2D eigenvalue weighted by atomic mass is 10.3. The molecule has 0 spiro atoms. The number of anilines is 1. The van der Waals surface area contributed by atoms with E-state index in [2.05, 4.69) is 5.32 Å². The molecule has 0 fully saturated rings. The molecule has 0 aliphatic rings. The Morgan fingerprint density at radius 3 is 2.68 bits per heavy atom. The van der Waals surface area contributed by atoms with Gasteiger partial charge < -0.3 is 10.1 Å². The van der Waals surface area contributed by atoms with Crippen LogP contribution in [-0.2, 0) is 14.3 Å². The first kappa shape index (κ1) is 19.2. The molecule has 0 unspecified atom stereocenters. The number of hydrogen-bond donors (Lipinski definition) is 1. The summed E-state index contributed by atoms with van der Waals surface area (Å²) in [7, 11) is 0. The van der Waals surface area contributed by atoms with E-state index in [0.29, 0.717) is 10.8 Å². The van der Waals surface area contributed by atoms with Gasteiger partial charge in [-0.15, -0.1) is 11.8 Å². The Kier molecular flexibility index (Phi) is 7.21. The summed E-state index contributed by atoms with van der Waals surface area (Å²) in [5.74, 6) is -2.36. The second kappa shape index (κ2) is 9.39. The number of carbonyl (C=O) groups is 2. The third-order valence-corrected chi connectivity index (χ3v) is 4.48. The van der Waals surface area contributed by atoms with Crippen LogP contribution in [0.15, 0.2) is 47.4 Å². The predicted molar refractivity (Wildman–Crippen MR) is 92.7 cm³/mol. The molecule has 0 aliphatic carbocycles. The molecule has 0 heterocycles. The van der Waals surface area contributed by atoms with E-state index >= 15 is 0 Å². The van der Waals surface area contributed by atoms with Crippen molar-refractivity contribution >= 4 is 40.9 Å². The smallest absolute Gasteiger partial charge is 0.307 e. The first-order chi connectivity index (χ1) is 12.0. The topological polar surface area (TPSA) is 55.4 Å². The Morgan fingerprint density at radius 1 is 1.16 bits per heavy atom. The van der Waals surface area contributed by atoms with E-state index in [-0.39, 0.29) is 12.1 Å². The normalized spacial score (nSPS) is 10.4. The summed E-state index contributed by atoms with van der Waals surface area (Å²) < 4.78 is 31.2. The van der Waals surface area contributed by atoms with Crippen LogP contribution in [-0.4, -0.2) is 24.2 Å². The second-order valence-electron chi connectivity index (χ2n) is 4.86. The Morgan fingerprint density at radius 2 is 1.92 bits per heavy atom. The molecule has 25 heavy (non-hydrogen) atoms.